The zero-order chi connectivity index (χ0) is 20.4. The fourth-order valence-corrected chi connectivity index (χ4v) is 2.30. The average molecular weight is 376 g/mol. The van der Waals surface area contributed by atoms with Crippen LogP contribution in [0, 0.1) is 0 Å². The summed E-state index contributed by atoms with van der Waals surface area (Å²) < 4.78 is 9.94. The first kappa shape index (κ1) is 22.2. The lowest BCUT2D eigenvalue weighted by molar-refractivity contribution is -0.145. The van der Waals surface area contributed by atoms with Crippen LogP contribution >= 0.6 is 0 Å². The minimum atomic E-state index is -0.917. The molecular weight excluding hydrogens is 348 g/mol. The van der Waals surface area contributed by atoms with Crippen LogP contribution in [-0.4, -0.2) is 42.8 Å². The van der Waals surface area contributed by atoms with E-state index in [0.29, 0.717) is 0 Å². The third-order valence-electron chi connectivity index (χ3n) is 3.49. The fraction of sp³-hybridized carbons (Fsp3) is 0.450. The molecule has 1 rings (SSSR count). The summed E-state index contributed by atoms with van der Waals surface area (Å²) in [5.74, 6) is -1.10. The lowest BCUT2D eigenvalue weighted by Gasteiger charge is -2.24. The molecule has 2 N–H and O–H groups in total. The molecule has 0 bridgehead atoms. The number of nitrogens with one attached hydrogen (secondary N) is 2. The van der Waals surface area contributed by atoms with Gasteiger partial charge in [0, 0.05) is 6.42 Å². The van der Waals surface area contributed by atoms with Gasteiger partial charge in [-0.2, -0.15) is 0 Å². The van der Waals surface area contributed by atoms with E-state index in [1.165, 1.54) is 13.2 Å². The zero-order valence-electron chi connectivity index (χ0n) is 16.3. The van der Waals surface area contributed by atoms with Gasteiger partial charge in [0.15, 0.2) is 0 Å². The number of carbonyl (C=O) groups is 3. The number of hydrogen-bond donors (Lipinski definition) is 2. The first-order valence-electron chi connectivity index (χ1n) is 8.68. The third-order valence-corrected chi connectivity index (χ3v) is 3.49. The summed E-state index contributed by atoms with van der Waals surface area (Å²) in [6.07, 6.45) is 1.25. The van der Waals surface area contributed by atoms with Crippen LogP contribution in [-0.2, 0) is 25.5 Å². The number of methoxy groups -OCH3 is 1. The SMILES string of the molecule is C=CCC(NC(=O)[C@H](Cc1ccccc1)NC(=O)OC(C)(C)C)C(=O)OC. The second kappa shape index (κ2) is 10.4. The highest BCUT2D eigenvalue weighted by molar-refractivity contribution is 5.90. The third kappa shape index (κ3) is 8.40. The number of benzene rings is 1. The van der Waals surface area contributed by atoms with Crippen molar-refractivity contribution in [3.8, 4) is 0 Å². The van der Waals surface area contributed by atoms with Crippen LogP contribution in [0.3, 0.4) is 0 Å². The molecule has 1 aromatic carbocycles. The van der Waals surface area contributed by atoms with Gasteiger partial charge in [0.1, 0.15) is 17.7 Å². The van der Waals surface area contributed by atoms with E-state index in [4.69, 9.17) is 9.47 Å². The summed E-state index contributed by atoms with van der Waals surface area (Å²) in [6.45, 7) is 8.77. The summed E-state index contributed by atoms with van der Waals surface area (Å²) in [6, 6.07) is 7.44. The normalized spacial score (nSPS) is 13.0. The second-order valence-electron chi connectivity index (χ2n) is 7.00. The van der Waals surface area contributed by atoms with Gasteiger partial charge in [0.2, 0.25) is 5.91 Å². The maximum absolute atomic E-state index is 12.7. The highest BCUT2D eigenvalue weighted by Gasteiger charge is 2.28. The van der Waals surface area contributed by atoms with Crippen LogP contribution in [0.25, 0.3) is 0 Å². The van der Waals surface area contributed by atoms with Crippen molar-refractivity contribution in [1.82, 2.24) is 10.6 Å². The van der Waals surface area contributed by atoms with E-state index in [1.807, 2.05) is 30.3 Å². The average Bonchev–Trinajstić information content (AvgIpc) is 2.59. The molecule has 0 heterocycles. The monoisotopic (exact) mass is 376 g/mol. The number of ether oxygens (including phenoxy) is 2. The Morgan fingerprint density at radius 1 is 1.11 bits per heavy atom. The van der Waals surface area contributed by atoms with Crippen molar-refractivity contribution in [2.24, 2.45) is 0 Å². The predicted molar refractivity (Wildman–Crippen MR) is 102 cm³/mol. The van der Waals surface area contributed by atoms with Crippen LogP contribution in [0.4, 0.5) is 4.79 Å². The van der Waals surface area contributed by atoms with Gasteiger partial charge in [-0.3, -0.25) is 4.79 Å². The van der Waals surface area contributed by atoms with E-state index in [-0.39, 0.29) is 12.8 Å². The summed E-state index contributed by atoms with van der Waals surface area (Å²) >= 11 is 0. The smallest absolute Gasteiger partial charge is 0.408 e. The predicted octanol–water partition coefficient (Wildman–Crippen LogP) is 2.36. The van der Waals surface area contributed by atoms with Gasteiger partial charge < -0.3 is 20.1 Å². The van der Waals surface area contributed by atoms with E-state index in [9.17, 15) is 14.4 Å². The molecule has 0 aliphatic heterocycles. The molecule has 0 saturated carbocycles. The van der Waals surface area contributed by atoms with Crippen molar-refractivity contribution < 1.29 is 23.9 Å². The number of esters is 1. The molecule has 0 aliphatic rings. The molecular formula is C20H28N2O5. The number of amides is 2. The standard InChI is InChI=1S/C20H28N2O5/c1-6-10-15(18(24)26-5)21-17(23)16(13-14-11-8-7-9-12-14)22-19(25)27-20(2,3)4/h6-9,11-12,15-16H,1,10,13H2,2-5H3,(H,21,23)(H,22,25)/t15?,16-/m0/s1. The van der Waals surface area contributed by atoms with Crippen molar-refractivity contribution in [2.45, 2.75) is 51.3 Å². The van der Waals surface area contributed by atoms with Gasteiger partial charge in [-0.25, -0.2) is 9.59 Å². The van der Waals surface area contributed by atoms with Crippen molar-refractivity contribution in [3.63, 3.8) is 0 Å². The van der Waals surface area contributed by atoms with E-state index in [2.05, 4.69) is 17.2 Å². The Hall–Kier alpha value is -2.83. The molecule has 0 spiro atoms. The van der Waals surface area contributed by atoms with Crippen LogP contribution in [0.5, 0.6) is 0 Å². The van der Waals surface area contributed by atoms with Gasteiger partial charge in [-0.15, -0.1) is 6.58 Å². The van der Waals surface area contributed by atoms with Crippen molar-refractivity contribution in [2.75, 3.05) is 7.11 Å². The summed E-state index contributed by atoms with van der Waals surface area (Å²) in [7, 11) is 1.24. The van der Waals surface area contributed by atoms with Gasteiger partial charge >= 0.3 is 12.1 Å². The quantitative estimate of drug-likeness (QED) is 0.537. The molecule has 148 valence electrons. The first-order valence-corrected chi connectivity index (χ1v) is 8.68. The van der Waals surface area contributed by atoms with Crippen LogP contribution in [0.2, 0.25) is 0 Å². The van der Waals surface area contributed by atoms with E-state index < -0.39 is 35.7 Å². The van der Waals surface area contributed by atoms with Crippen LogP contribution < -0.4 is 10.6 Å². The lowest BCUT2D eigenvalue weighted by Crippen LogP contribution is -2.53. The molecule has 7 nitrogen and oxygen atoms in total. The maximum atomic E-state index is 12.7. The molecule has 0 aromatic heterocycles. The maximum Gasteiger partial charge on any atom is 0.408 e. The Morgan fingerprint density at radius 3 is 2.26 bits per heavy atom. The van der Waals surface area contributed by atoms with Gasteiger partial charge in [-0.1, -0.05) is 36.4 Å². The highest BCUT2D eigenvalue weighted by Crippen LogP contribution is 2.09. The fourth-order valence-electron chi connectivity index (χ4n) is 2.30. The largest absolute Gasteiger partial charge is 0.467 e. The Bertz CT molecular complexity index is 652. The summed E-state index contributed by atoms with van der Waals surface area (Å²) in [5, 5.41) is 5.18. The molecule has 0 radical (unpaired) electrons. The molecule has 7 heteroatoms. The van der Waals surface area contributed by atoms with Gasteiger partial charge in [-0.05, 0) is 32.8 Å². The molecule has 2 amide bonds. The summed E-state index contributed by atoms with van der Waals surface area (Å²) in [5.41, 5.74) is 0.155. The lowest BCUT2D eigenvalue weighted by atomic mass is 10.0. The number of carbonyl (C=O) groups excluding carboxylic acids is 3. The van der Waals surface area contributed by atoms with Gasteiger partial charge in [0.05, 0.1) is 7.11 Å². The number of rotatable bonds is 8. The van der Waals surface area contributed by atoms with E-state index >= 15 is 0 Å². The number of hydrogen-bond acceptors (Lipinski definition) is 5. The Morgan fingerprint density at radius 2 is 1.74 bits per heavy atom. The topological polar surface area (TPSA) is 93.7 Å². The van der Waals surface area contributed by atoms with Crippen LogP contribution in [0.1, 0.15) is 32.8 Å². The van der Waals surface area contributed by atoms with E-state index in [1.54, 1.807) is 20.8 Å². The van der Waals surface area contributed by atoms with Gasteiger partial charge in [0.25, 0.3) is 0 Å². The highest BCUT2D eigenvalue weighted by atomic mass is 16.6. The summed E-state index contributed by atoms with van der Waals surface area (Å²) in [4.78, 5) is 36.7. The second-order valence-corrected chi connectivity index (χ2v) is 7.00. The minimum Gasteiger partial charge on any atom is -0.467 e. The molecule has 0 saturated heterocycles. The van der Waals surface area contributed by atoms with Crippen LogP contribution in [0.15, 0.2) is 43.0 Å². The molecule has 0 fully saturated rings. The molecule has 0 aliphatic carbocycles. The number of alkyl carbamates (subject to hydrolysis) is 1. The molecule has 2 atom stereocenters. The Labute approximate surface area is 160 Å². The van der Waals surface area contributed by atoms with Crippen molar-refractivity contribution >= 4 is 18.0 Å². The Balaban J connectivity index is 2.93. The minimum absolute atomic E-state index is 0.211. The molecule has 1 unspecified atom stereocenters. The molecule has 27 heavy (non-hydrogen) atoms. The van der Waals surface area contributed by atoms with Crippen molar-refractivity contribution in [1.29, 1.82) is 0 Å². The molecule has 1 aromatic rings. The van der Waals surface area contributed by atoms with Crippen molar-refractivity contribution in [3.05, 3.63) is 48.6 Å². The van der Waals surface area contributed by atoms with E-state index in [0.717, 1.165) is 5.56 Å². The first-order chi connectivity index (χ1) is 12.7. The zero-order valence-corrected chi connectivity index (χ0v) is 16.3. The Kier molecular flexibility index (Phi) is 8.51.